The van der Waals surface area contributed by atoms with Crippen molar-refractivity contribution in [2.24, 2.45) is 0 Å². The lowest BCUT2D eigenvalue weighted by Crippen LogP contribution is -2.50. The SMILES string of the molecule is COc1ccccc1CC(=O)OCC(=O)N1CCN(c2ncccn2)CC1. The Labute approximate surface area is 157 Å². The summed E-state index contributed by atoms with van der Waals surface area (Å²) in [4.78, 5) is 36.5. The highest BCUT2D eigenvalue weighted by Crippen LogP contribution is 2.18. The van der Waals surface area contributed by atoms with Gasteiger partial charge < -0.3 is 19.3 Å². The van der Waals surface area contributed by atoms with Crippen LogP contribution in [0.5, 0.6) is 5.75 Å². The fourth-order valence-corrected chi connectivity index (χ4v) is 2.90. The van der Waals surface area contributed by atoms with E-state index in [1.54, 1.807) is 42.6 Å². The van der Waals surface area contributed by atoms with Crippen molar-refractivity contribution in [2.75, 3.05) is 44.8 Å². The zero-order valence-electron chi connectivity index (χ0n) is 15.2. The largest absolute Gasteiger partial charge is 0.496 e. The normalized spacial score (nSPS) is 14.0. The molecule has 1 aliphatic heterocycles. The Balaban J connectivity index is 1.44. The Kier molecular flexibility index (Phi) is 6.19. The molecule has 1 aliphatic rings. The van der Waals surface area contributed by atoms with Crippen LogP contribution >= 0.6 is 0 Å². The topological polar surface area (TPSA) is 84.9 Å². The van der Waals surface area contributed by atoms with Crippen LogP contribution in [0, 0.1) is 0 Å². The molecule has 0 bridgehead atoms. The van der Waals surface area contributed by atoms with Gasteiger partial charge in [-0.2, -0.15) is 0 Å². The molecule has 1 amide bonds. The number of ether oxygens (including phenoxy) is 2. The van der Waals surface area contributed by atoms with Crippen molar-refractivity contribution in [1.29, 1.82) is 0 Å². The number of nitrogens with zero attached hydrogens (tertiary/aromatic N) is 4. The second-order valence-electron chi connectivity index (χ2n) is 6.07. The fourth-order valence-electron chi connectivity index (χ4n) is 2.90. The van der Waals surface area contributed by atoms with Crippen molar-refractivity contribution in [3.63, 3.8) is 0 Å². The van der Waals surface area contributed by atoms with Gasteiger partial charge in [-0.3, -0.25) is 9.59 Å². The number of carbonyl (C=O) groups is 2. The van der Waals surface area contributed by atoms with Crippen LogP contribution in [0.4, 0.5) is 5.95 Å². The van der Waals surface area contributed by atoms with Crippen molar-refractivity contribution in [2.45, 2.75) is 6.42 Å². The number of benzene rings is 1. The number of aromatic nitrogens is 2. The molecule has 2 aromatic rings. The van der Waals surface area contributed by atoms with E-state index in [1.165, 1.54) is 0 Å². The number of methoxy groups -OCH3 is 1. The number of carbonyl (C=O) groups excluding carboxylic acids is 2. The van der Waals surface area contributed by atoms with Crippen molar-refractivity contribution >= 4 is 17.8 Å². The lowest BCUT2D eigenvalue weighted by molar-refractivity contribution is -0.151. The molecule has 1 saturated heterocycles. The molecule has 0 spiro atoms. The summed E-state index contributed by atoms with van der Waals surface area (Å²) >= 11 is 0. The average molecular weight is 370 g/mol. The van der Waals surface area contributed by atoms with Gasteiger partial charge in [0, 0.05) is 44.1 Å². The van der Waals surface area contributed by atoms with E-state index in [0.29, 0.717) is 37.9 Å². The van der Waals surface area contributed by atoms with Gasteiger partial charge in [-0.15, -0.1) is 0 Å². The second kappa shape index (κ2) is 8.98. The van der Waals surface area contributed by atoms with Gasteiger partial charge in [0.1, 0.15) is 5.75 Å². The van der Waals surface area contributed by atoms with E-state index >= 15 is 0 Å². The van der Waals surface area contributed by atoms with Crippen LogP contribution in [0.25, 0.3) is 0 Å². The van der Waals surface area contributed by atoms with E-state index in [9.17, 15) is 9.59 Å². The van der Waals surface area contributed by atoms with Gasteiger partial charge >= 0.3 is 5.97 Å². The Morgan fingerprint density at radius 2 is 1.74 bits per heavy atom. The summed E-state index contributed by atoms with van der Waals surface area (Å²) in [5.74, 6) is 0.633. The monoisotopic (exact) mass is 370 g/mol. The highest BCUT2D eigenvalue weighted by atomic mass is 16.5. The maximum absolute atomic E-state index is 12.3. The van der Waals surface area contributed by atoms with Gasteiger partial charge in [0.05, 0.1) is 13.5 Å². The number of amides is 1. The highest BCUT2D eigenvalue weighted by Gasteiger charge is 2.23. The molecule has 1 aromatic carbocycles. The third-order valence-electron chi connectivity index (χ3n) is 4.35. The van der Waals surface area contributed by atoms with Crippen molar-refractivity contribution < 1.29 is 19.1 Å². The molecule has 0 aliphatic carbocycles. The van der Waals surface area contributed by atoms with Crippen LogP contribution in [0.2, 0.25) is 0 Å². The molecular weight excluding hydrogens is 348 g/mol. The number of hydrogen-bond acceptors (Lipinski definition) is 7. The van der Waals surface area contributed by atoms with Crippen LogP contribution in [-0.2, 0) is 20.7 Å². The van der Waals surface area contributed by atoms with Crippen LogP contribution in [0.15, 0.2) is 42.7 Å². The van der Waals surface area contributed by atoms with E-state index in [1.807, 2.05) is 17.0 Å². The Hall–Kier alpha value is -3.16. The van der Waals surface area contributed by atoms with Gasteiger partial charge in [0.15, 0.2) is 6.61 Å². The highest BCUT2D eigenvalue weighted by molar-refractivity contribution is 5.81. The maximum Gasteiger partial charge on any atom is 0.310 e. The fraction of sp³-hybridized carbons (Fsp3) is 0.368. The Morgan fingerprint density at radius 3 is 2.44 bits per heavy atom. The number of piperazine rings is 1. The van der Waals surface area contributed by atoms with Crippen LogP contribution < -0.4 is 9.64 Å². The molecule has 142 valence electrons. The van der Waals surface area contributed by atoms with Crippen molar-refractivity contribution in [1.82, 2.24) is 14.9 Å². The molecule has 0 atom stereocenters. The first-order chi connectivity index (χ1) is 13.2. The van der Waals surface area contributed by atoms with Gasteiger partial charge in [0.2, 0.25) is 5.95 Å². The van der Waals surface area contributed by atoms with Gasteiger partial charge in [0.25, 0.3) is 5.91 Å². The molecule has 0 N–H and O–H groups in total. The third-order valence-corrected chi connectivity index (χ3v) is 4.35. The quantitative estimate of drug-likeness (QED) is 0.699. The number of anilines is 1. The zero-order valence-corrected chi connectivity index (χ0v) is 15.2. The second-order valence-corrected chi connectivity index (χ2v) is 6.07. The molecule has 8 nitrogen and oxygen atoms in total. The molecular formula is C19H22N4O4. The first-order valence-electron chi connectivity index (χ1n) is 8.74. The summed E-state index contributed by atoms with van der Waals surface area (Å²) in [5, 5.41) is 0. The smallest absolute Gasteiger partial charge is 0.310 e. The molecule has 1 aromatic heterocycles. The lowest BCUT2D eigenvalue weighted by Gasteiger charge is -2.34. The summed E-state index contributed by atoms with van der Waals surface area (Å²) in [6.45, 7) is 2.12. The Morgan fingerprint density at radius 1 is 1.04 bits per heavy atom. The van der Waals surface area contributed by atoms with E-state index in [4.69, 9.17) is 9.47 Å². The van der Waals surface area contributed by atoms with Gasteiger partial charge in [-0.1, -0.05) is 18.2 Å². The molecule has 0 unspecified atom stereocenters. The summed E-state index contributed by atoms with van der Waals surface area (Å²) in [6, 6.07) is 9.00. The Bertz CT molecular complexity index is 776. The molecule has 0 saturated carbocycles. The summed E-state index contributed by atoms with van der Waals surface area (Å²) in [7, 11) is 1.55. The van der Waals surface area contributed by atoms with Gasteiger partial charge in [-0.05, 0) is 12.1 Å². The minimum atomic E-state index is -0.454. The number of hydrogen-bond donors (Lipinski definition) is 0. The number of rotatable bonds is 6. The first-order valence-corrected chi connectivity index (χ1v) is 8.74. The van der Waals surface area contributed by atoms with Gasteiger partial charge in [-0.25, -0.2) is 9.97 Å². The summed E-state index contributed by atoms with van der Waals surface area (Å²) < 4.78 is 10.4. The molecule has 27 heavy (non-hydrogen) atoms. The number of para-hydroxylation sites is 1. The molecule has 0 radical (unpaired) electrons. The minimum absolute atomic E-state index is 0.0659. The molecule has 1 fully saturated rings. The first kappa shape index (κ1) is 18.6. The molecule has 2 heterocycles. The lowest BCUT2D eigenvalue weighted by atomic mass is 10.1. The van der Waals surface area contributed by atoms with Crippen molar-refractivity contribution in [3.05, 3.63) is 48.3 Å². The van der Waals surface area contributed by atoms with E-state index in [0.717, 1.165) is 5.56 Å². The maximum atomic E-state index is 12.3. The molecule has 3 rings (SSSR count). The zero-order chi connectivity index (χ0) is 19.1. The van der Waals surface area contributed by atoms with Crippen molar-refractivity contribution in [3.8, 4) is 5.75 Å². The van der Waals surface area contributed by atoms with Crippen LogP contribution in [0.3, 0.4) is 0 Å². The van der Waals surface area contributed by atoms with Crippen LogP contribution in [0.1, 0.15) is 5.56 Å². The summed E-state index contributed by atoms with van der Waals surface area (Å²) in [6.07, 6.45) is 3.46. The third kappa shape index (κ3) is 4.93. The van der Waals surface area contributed by atoms with E-state index < -0.39 is 5.97 Å². The van der Waals surface area contributed by atoms with E-state index in [2.05, 4.69) is 9.97 Å². The predicted molar refractivity (Wildman–Crippen MR) is 98.5 cm³/mol. The minimum Gasteiger partial charge on any atom is -0.496 e. The predicted octanol–water partition coefficient (Wildman–Crippen LogP) is 0.920. The standard InChI is InChI=1S/C19H22N4O4/c1-26-16-6-3-2-5-15(16)13-18(25)27-14-17(24)22-9-11-23(12-10-22)19-20-7-4-8-21-19/h2-8H,9-14H2,1H3. The average Bonchev–Trinajstić information content (AvgIpc) is 2.73. The molecule has 8 heteroatoms. The number of esters is 1. The summed E-state index contributed by atoms with van der Waals surface area (Å²) in [5.41, 5.74) is 0.730. The van der Waals surface area contributed by atoms with Crippen LogP contribution in [-0.4, -0.2) is 66.6 Å². The van der Waals surface area contributed by atoms with E-state index in [-0.39, 0.29) is 18.9 Å².